The van der Waals surface area contributed by atoms with E-state index in [2.05, 4.69) is 16.1 Å². The monoisotopic (exact) mass is 337 g/mol. The fourth-order valence-corrected chi connectivity index (χ4v) is 0.859. The molecule has 0 atom stereocenters. The molecule has 2 rings (SSSR count). The third-order valence-corrected chi connectivity index (χ3v) is 1.36. The third kappa shape index (κ3) is 1.78. The molecule has 4 heteroatoms. The third-order valence-electron chi connectivity index (χ3n) is 1.36. The maximum atomic E-state index is 3.96. The number of benzene rings is 1. The maximum absolute atomic E-state index is 3.96. The summed E-state index contributed by atoms with van der Waals surface area (Å²) in [6.07, 6.45) is 3.15. The molecular weight excluding hydrogens is 330 g/mol. The van der Waals surface area contributed by atoms with Crippen molar-refractivity contribution in [1.29, 1.82) is 0 Å². The van der Waals surface area contributed by atoms with Gasteiger partial charge < -0.3 is 0 Å². The van der Waals surface area contributed by atoms with Crippen LogP contribution in [0.4, 0.5) is 0 Å². The molecule has 1 aromatic carbocycles. The fourth-order valence-electron chi connectivity index (χ4n) is 0.859. The fraction of sp³-hybridized carbons (Fsp3) is 0. The number of aromatic nitrogens is 3. The molecule has 2 aromatic rings. The summed E-state index contributed by atoms with van der Waals surface area (Å²) in [5, 5.41) is 3.96. The van der Waals surface area contributed by atoms with E-state index in [0.29, 0.717) is 0 Å². The summed E-state index contributed by atoms with van der Waals surface area (Å²) in [4.78, 5) is 3.83. The van der Waals surface area contributed by atoms with Gasteiger partial charge in [0.2, 0.25) is 0 Å². The molecule has 0 saturated carbocycles. The zero-order valence-corrected chi connectivity index (χ0v) is 8.53. The Balaban J connectivity index is 0.000000720. The summed E-state index contributed by atoms with van der Waals surface area (Å²) in [6, 6.07) is 10.7. The molecule has 63 valence electrons. The van der Waals surface area contributed by atoms with E-state index in [1.807, 2.05) is 24.3 Å². The molecular formula is C8H6IrN3-. The summed E-state index contributed by atoms with van der Waals surface area (Å²) >= 11 is 0. The predicted molar refractivity (Wildman–Crippen MR) is 40.2 cm³/mol. The number of hydrogen-bond donors (Lipinski definition) is 0. The van der Waals surface area contributed by atoms with Gasteiger partial charge in [0.1, 0.15) is 12.7 Å². The Bertz CT molecular complexity index is 317. The van der Waals surface area contributed by atoms with Crippen molar-refractivity contribution in [2.45, 2.75) is 0 Å². The summed E-state index contributed by atoms with van der Waals surface area (Å²) in [5.41, 5.74) is 0.907. The smallest absolute Gasteiger partial charge is 0.138 e. The second kappa shape index (κ2) is 4.14. The van der Waals surface area contributed by atoms with Gasteiger partial charge in [-0.1, -0.05) is 0 Å². The van der Waals surface area contributed by atoms with Crippen LogP contribution in [0.2, 0.25) is 0 Å². The van der Waals surface area contributed by atoms with Crippen molar-refractivity contribution in [3.8, 4) is 5.69 Å². The van der Waals surface area contributed by atoms with E-state index in [1.165, 1.54) is 6.33 Å². The van der Waals surface area contributed by atoms with E-state index in [0.717, 1.165) is 5.69 Å². The van der Waals surface area contributed by atoms with Crippen molar-refractivity contribution < 1.29 is 20.1 Å². The van der Waals surface area contributed by atoms with Gasteiger partial charge >= 0.3 is 0 Å². The molecule has 12 heavy (non-hydrogen) atoms. The first-order chi connectivity index (χ1) is 5.47. The molecule has 0 bridgehead atoms. The number of nitrogens with zero attached hydrogens (tertiary/aromatic N) is 3. The Kier molecular flexibility index (Phi) is 3.14. The minimum absolute atomic E-state index is 0. The molecule has 0 amide bonds. The van der Waals surface area contributed by atoms with Crippen molar-refractivity contribution in [2.75, 3.05) is 0 Å². The van der Waals surface area contributed by atoms with E-state index < -0.39 is 0 Å². The predicted octanol–water partition coefficient (Wildman–Crippen LogP) is 1.06. The molecule has 0 saturated heterocycles. The molecule has 3 nitrogen and oxygen atoms in total. The van der Waals surface area contributed by atoms with Gasteiger partial charge in [0, 0.05) is 20.1 Å². The maximum Gasteiger partial charge on any atom is 0.138 e. The Morgan fingerprint density at radius 3 is 2.83 bits per heavy atom. The van der Waals surface area contributed by atoms with Gasteiger partial charge in [-0.2, -0.15) is 29.4 Å². The van der Waals surface area contributed by atoms with Gasteiger partial charge in [-0.15, -0.1) is 6.07 Å². The standard InChI is InChI=1S/C8H6N3.Ir/c1-2-4-8(5-3-1)11-7-9-6-10-11;/h1-4,6-7H;/q-1;. The van der Waals surface area contributed by atoms with Crippen LogP contribution in [0.3, 0.4) is 0 Å². The van der Waals surface area contributed by atoms with Crippen LogP contribution in [0.1, 0.15) is 0 Å². The van der Waals surface area contributed by atoms with Crippen molar-refractivity contribution in [2.24, 2.45) is 0 Å². The zero-order valence-electron chi connectivity index (χ0n) is 6.14. The van der Waals surface area contributed by atoms with Crippen molar-refractivity contribution >= 4 is 0 Å². The summed E-state index contributed by atoms with van der Waals surface area (Å²) in [5.74, 6) is 0. The van der Waals surface area contributed by atoms with Crippen LogP contribution >= 0.6 is 0 Å². The Morgan fingerprint density at radius 2 is 2.25 bits per heavy atom. The van der Waals surface area contributed by atoms with Gasteiger partial charge in [0.25, 0.3) is 0 Å². The molecule has 1 heterocycles. The van der Waals surface area contributed by atoms with E-state index in [9.17, 15) is 0 Å². The van der Waals surface area contributed by atoms with Crippen LogP contribution in [-0.2, 0) is 20.1 Å². The molecule has 0 fully saturated rings. The quantitative estimate of drug-likeness (QED) is 0.730. The average molecular weight is 336 g/mol. The second-order valence-electron chi connectivity index (χ2n) is 2.09. The van der Waals surface area contributed by atoms with Crippen LogP contribution in [0.5, 0.6) is 0 Å². The van der Waals surface area contributed by atoms with Gasteiger partial charge in [0.15, 0.2) is 0 Å². The Hall–Kier alpha value is -0.991. The van der Waals surface area contributed by atoms with Crippen molar-refractivity contribution in [3.05, 3.63) is 43.0 Å². The van der Waals surface area contributed by atoms with E-state index >= 15 is 0 Å². The first kappa shape index (κ1) is 9.10. The number of rotatable bonds is 1. The summed E-state index contributed by atoms with van der Waals surface area (Å²) < 4.78 is 1.67. The van der Waals surface area contributed by atoms with Gasteiger partial charge in [-0.05, 0) is 5.69 Å². The van der Waals surface area contributed by atoms with Crippen LogP contribution in [0.15, 0.2) is 36.9 Å². The molecule has 0 aliphatic carbocycles. The largest absolute Gasteiger partial charge is 0.246 e. The summed E-state index contributed by atoms with van der Waals surface area (Å²) in [6.45, 7) is 0. The number of para-hydroxylation sites is 1. The molecule has 0 aliphatic heterocycles. The first-order valence-electron chi connectivity index (χ1n) is 3.28. The average Bonchev–Trinajstić information content (AvgIpc) is 2.58. The van der Waals surface area contributed by atoms with Crippen molar-refractivity contribution in [3.63, 3.8) is 0 Å². The topological polar surface area (TPSA) is 30.7 Å². The molecule has 0 N–H and O–H groups in total. The van der Waals surface area contributed by atoms with Crippen LogP contribution in [0.25, 0.3) is 5.69 Å². The molecule has 0 spiro atoms. The van der Waals surface area contributed by atoms with Crippen LogP contribution < -0.4 is 0 Å². The molecule has 1 aromatic heterocycles. The Labute approximate surface area is 83.8 Å². The van der Waals surface area contributed by atoms with E-state index in [4.69, 9.17) is 0 Å². The van der Waals surface area contributed by atoms with Crippen LogP contribution in [-0.4, -0.2) is 14.8 Å². The Morgan fingerprint density at radius 1 is 1.33 bits per heavy atom. The zero-order chi connectivity index (χ0) is 7.52. The minimum atomic E-state index is 0. The number of hydrogen-bond acceptors (Lipinski definition) is 2. The first-order valence-corrected chi connectivity index (χ1v) is 3.28. The second-order valence-corrected chi connectivity index (χ2v) is 2.09. The van der Waals surface area contributed by atoms with Crippen molar-refractivity contribution in [1.82, 2.24) is 14.8 Å². The molecule has 0 unspecified atom stereocenters. The van der Waals surface area contributed by atoms with Gasteiger partial charge in [-0.25, -0.2) is 9.67 Å². The molecule has 1 radical (unpaired) electrons. The molecule has 0 aliphatic rings. The normalized spacial score (nSPS) is 9.00. The van der Waals surface area contributed by atoms with Gasteiger partial charge in [-0.3, -0.25) is 0 Å². The van der Waals surface area contributed by atoms with Gasteiger partial charge in [0.05, 0.1) is 0 Å². The SMILES string of the molecule is [Ir].[c-]1ccccc1-n1cncn1. The minimum Gasteiger partial charge on any atom is -0.246 e. The summed E-state index contributed by atoms with van der Waals surface area (Å²) in [7, 11) is 0. The van der Waals surface area contributed by atoms with E-state index in [-0.39, 0.29) is 20.1 Å². The van der Waals surface area contributed by atoms with E-state index in [1.54, 1.807) is 11.0 Å². The van der Waals surface area contributed by atoms with Crippen LogP contribution in [0, 0.1) is 6.07 Å².